The maximum Gasteiger partial charge on any atom is 0.224 e. The quantitative estimate of drug-likeness (QED) is 0.805. The third kappa shape index (κ3) is 2.50. The van der Waals surface area contributed by atoms with Crippen LogP contribution in [0.2, 0.25) is 0 Å². The van der Waals surface area contributed by atoms with Crippen LogP contribution in [0.25, 0.3) is 0 Å². The molecular weight excluding hydrogens is 304 g/mol. The van der Waals surface area contributed by atoms with Crippen molar-refractivity contribution in [2.24, 2.45) is 0 Å². The van der Waals surface area contributed by atoms with Crippen LogP contribution in [0.3, 0.4) is 0 Å². The number of aliphatic hydroxyl groups is 1. The van der Waals surface area contributed by atoms with E-state index in [1.165, 1.54) is 0 Å². The molecule has 124 valence electrons. The second kappa shape index (κ2) is 6.14. The maximum absolute atomic E-state index is 12.5. The Morgan fingerprint density at radius 2 is 1.67 bits per heavy atom. The highest BCUT2D eigenvalue weighted by molar-refractivity contribution is 5.80. The molecule has 2 aromatic carbocycles. The SMILES string of the molecule is O=C1CCC(N2Nc3ccccc3N2)N1[C@H](CO)c1ccccc1. The number of carbonyl (C=O) groups is 1. The Morgan fingerprint density at radius 1 is 1.04 bits per heavy atom. The number of hydrogen-bond acceptors (Lipinski definition) is 5. The average Bonchev–Trinajstić information content (AvgIpc) is 3.21. The molecule has 1 amide bonds. The van der Waals surface area contributed by atoms with Crippen molar-refractivity contribution in [1.29, 1.82) is 0 Å². The molecule has 0 aliphatic carbocycles. The molecule has 2 atom stereocenters. The first kappa shape index (κ1) is 15.0. The number of aliphatic hydroxyl groups excluding tert-OH is 1. The van der Waals surface area contributed by atoms with Gasteiger partial charge in [-0.2, -0.15) is 0 Å². The van der Waals surface area contributed by atoms with E-state index in [1.54, 1.807) is 4.90 Å². The molecule has 3 N–H and O–H groups in total. The lowest BCUT2D eigenvalue weighted by atomic mass is 10.1. The Balaban J connectivity index is 1.61. The predicted octanol–water partition coefficient (Wildman–Crippen LogP) is 2.34. The van der Waals surface area contributed by atoms with Crippen LogP contribution in [0.1, 0.15) is 24.4 Å². The zero-order valence-corrected chi connectivity index (χ0v) is 13.2. The number of rotatable bonds is 4. The van der Waals surface area contributed by atoms with E-state index in [-0.39, 0.29) is 24.7 Å². The van der Waals surface area contributed by atoms with Crippen LogP contribution in [0.15, 0.2) is 54.6 Å². The Kier molecular flexibility index (Phi) is 3.84. The van der Waals surface area contributed by atoms with Crippen molar-refractivity contribution in [3.8, 4) is 0 Å². The minimum atomic E-state index is -0.349. The molecule has 2 aliphatic heterocycles. The van der Waals surface area contributed by atoms with Crippen molar-refractivity contribution in [2.75, 3.05) is 17.5 Å². The predicted molar refractivity (Wildman–Crippen MR) is 91.7 cm³/mol. The summed E-state index contributed by atoms with van der Waals surface area (Å²) in [6, 6.07) is 17.2. The minimum Gasteiger partial charge on any atom is -0.394 e. The lowest BCUT2D eigenvalue weighted by molar-refractivity contribution is -0.134. The standard InChI is InChI=1S/C18H20N4O2/c23-12-16(13-6-2-1-3-7-13)21-17(10-11-18(21)24)22-19-14-8-4-5-9-15(14)20-22/h1-9,16-17,19-20,23H,10-12H2/t16-,17?/m1/s1. The van der Waals surface area contributed by atoms with Gasteiger partial charge in [-0.3, -0.25) is 15.6 Å². The Hall–Kier alpha value is -2.57. The molecule has 4 rings (SSSR count). The molecule has 0 aromatic heterocycles. The van der Waals surface area contributed by atoms with E-state index in [4.69, 9.17) is 0 Å². The first-order valence-electron chi connectivity index (χ1n) is 8.16. The van der Waals surface area contributed by atoms with E-state index < -0.39 is 0 Å². The topological polar surface area (TPSA) is 67.8 Å². The molecule has 6 nitrogen and oxygen atoms in total. The van der Waals surface area contributed by atoms with Gasteiger partial charge in [-0.25, -0.2) is 0 Å². The summed E-state index contributed by atoms with van der Waals surface area (Å²) in [7, 11) is 0. The molecule has 1 unspecified atom stereocenters. The second-order valence-electron chi connectivity index (χ2n) is 6.07. The van der Waals surface area contributed by atoms with Gasteiger partial charge >= 0.3 is 0 Å². The van der Waals surface area contributed by atoms with Crippen molar-refractivity contribution < 1.29 is 9.90 Å². The van der Waals surface area contributed by atoms with Crippen LogP contribution >= 0.6 is 0 Å². The average molecular weight is 324 g/mol. The number of amides is 1. The Morgan fingerprint density at radius 3 is 2.29 bits per heavy atom. The number of para-hydroxylation sites is 2. The Labute approximate surface area is 140 Å². The molecule has 2 aliphatic rings. The fourth-order valence-electron chi connectivity index (χ4n) is 3.47. The number of likely N-dealkylation sites (tertiary alicyclic amines) is 1. The van der Waals surface area contributed by atoms with E-state index in [9.17, 15) is 9.90 Å². The van der Waals surface area contributed by atoms with Gasteiger partial charge in [0.25, 0.3) is 0 Å². The van der Waals surface area contributed by atoms with E-state index in [2.05, 4.69) is 10.9 Å². The van der Waals surface area contributed by atoms with E-state index in [1.807, 2.05) is 59.7 Å². The molecule has 24 heavy (non-hydrogen) atoms. The van der Waals surface area contributed by atoms with Gasteiger partial charge in [-0.05, 0) is 24.1 Å². The molecule has 0 bridgehead atoms. The number of fused-ring (bicyclic) bond motifs is 1. The van der Waals surface area contributed by atoms with Crippen molar-refractivity contribution in [3.05, 3.63) is 60.2 Å². The lowest BCUT2D eigenvalue weighted by Crippen LogP contribution is -2.51. The number of benzene rings is 2. The van der Waals surface area contributed by atoms with Gasteiger partial charge in [0, 0.05) is 6.42 Å². The summed E-state index contributed by atoms with van der Waals surface area (Å²) >= 11 is 0. The largest absolute Gasteiger partial charge is 0.394 e. The third-order valence-electron chi connectivity index (χ3n) is 4.63. The van der Waals surface area contributed by atoms with Crippen molar-refractivity contribution in [1.82, 2.24) is 10.0 Å². The van der Waals surface area contributed by atoms with Crippen molar-refractivity contribution in [3.63, 3.8) is 0 Å². The molecule has 1 saturated heterocycles. The molecule has 2 heterocycles. The van der Waals surface area contributed by atoms with Crippen molar-refractivity contribution in [2.45, 2.75) is 25.0 Å². The zero-order valence-electron chi connectivity index (χ0n) is 13.2. The van der Waals surface area contributed by atoms with Crippen LogP contribution < -0.4 is 10.9 Å². The monoisotopic (exact) mass is 324 g/mol. The first-order valence-corrected chi connectivity index (χ1v) is 8.16. The van der Waals surface area contributed by atoms with Crippen LogP contribution in [-0.4, -0.2) is 33.8 Å². The third-order valence-corrected chi connectivity index (χ3v) is 4.63. The van der Waals surface area contributed by atoms with E-state index >= 15 is 0 Å². The normalized spacial score (nSPS) is 21.3. The molecule has 1 fully saturated rings. The van der Waals surface area contributed by atoms with Gasteiger partial charge in [0.1, 0.15) is 6.17 Å². The number of hydrogen-bond donors (Lipinski definition) is 3. The highest BCUT2D eigenvalue weighted by Gasteiger charge is 2.41. The lowest BCUT2D eigenvalue weighted by Gasteiger charge is -2.36. The van der Waals surface area contributed by atoms with Gasteiger partial charge in [-0.15, -0.1) is 5.12 Å². The summed E-state index contributed by atoms with van der Waals surface area (Å²) in [4.78, 5) is 14.3. The molecule has 6 heteroatoms. The highest BCUT2D eigenvalue weighted by Crippen LogP contribution is 2.36. The number of nitrogens with one attached hydrogen (secondary N) is 2. The molecule has 2 aromatic rings. The van der Waals surface area contributed by atoms with Gasteiger partial charge in [0.2, 0.25) is 5.91 Å². The Bertz CT molecular complexity index is 712. The van der Waals surface area contributed by atoms with E-state index in [0.717, 1.165) is 16.9 Å². The number of anilines is 2. The summed E-state index contributed by atoms with van der Waals surface area (Å²) in [5, 5.41) is 11.8. The molecule has 0 saturated carbocycles. The fourth-order valence-corrected chi connectivity index (χ4v) is 3.47. The van der Waals surface area contributed by atoms with Crippen molar-refractivity contribution >= 4 is 17.3 Å². The van der Waals surface area contributed by atoms with Crippen LogP contribution in [-0.2, 0) is 4.79 Å². The van der Waals surface area contributed by atoms with E-state index in [0.29, 0.717) is 12.8 Å². The first-order chi connectivity index (χ1) is 11.8. The van der Waals surface area contributed by atoms with Gasteiger partial charge in [0.05, 0.1) is 24.0 Å². The highest BCUT2D eigenvalue weighted by atomic mass is 16.3. The summed E-state index contributed by atoms with van der Waals surface area (Å²) in [5.74, 6) is 0.0578. The summed E-state index contributed by atoms with van der Waals surface area (Å²) in [5.41, 5.74) is 9.52. The molecule has 0 spiro atoms. The van der Waals surface area contributed by atoms with Gasteiger partial charge in [-0.1, -0.05) is 42.5 Å². The molecule has 0 radical (unpaired) electrons. The number of carbonyl (C=O) groups excluding carboxylic acids is 1. The molecular formula is C18H20N4O2. The van der Waals surface area contributed by atoms with Crippen LogP contribution in [0.4, 0.5) is 11.4 Å². The smallest absolute Gasteiger partial charge is 0.224 e. The number of nitrogens with zero attached hydrogens (tertiary/aromatic N) is 2. The summed E-state index contributed by atoms with van der Waals surface area (Å²) in [6.45, 7) is -0.104. The summed E-state index contributed by atoms with van der Waals surface area (Å²) in [6.07, 6.45) is 1.02. The van der Waals surface area contributed by atoms with Crippen LogP contribution in [0.5, 0.6) is 0 Å². The fraction of sp³-hybridized carbons (Fsp3) is 0.278. The van der Waals surface area contributed by atoms with Gasteiger partial charge < -0.3 is 10.0 Å². The zero-order chi connectivity index (χ0) is 16.5. The minimum absolute atomic E-state index is 0.0578. The number of hydrazine groups is 2. The summed E-state index contributed by atoms with van der Waals surface area (Å²) < 4.78 is 0. The maximum atomic E-state index is 12.5. The van der Waals surface area contributed by atoms with Gasteiger partial charge in [0.15, 0.2) is 0 Å². The second-order valence-corrected chi connectivity index (χ2v) is 6.07. The van der Waals surface area contributed by atoms with Crippen LogP contribution in [0, 0.1) is 0 Å².